The highest BCUT2D eigenvalue weighted by molar-refractivity contribution is 6.30. The van der Waals surface area contributed by atoms with E-state index < -0.39 is 0 Å². The second-order valence-corrected chi connectivity index (χ2v) is 6.49. The van der Waals surface area contributed by atoms with Crippen molar-refractivity contribution in [1.82, 2.24) is 5.32 Å². The third-order valence-corrected chi connectivity index (χ3v) is 3.84. The van der Waals surface area contributed by atoms with Crippen molar-refractivity contribution in [3.8, 4) is 0 Å². The van der Waals surface area contributed by atoms with Crippen LogP contribution in [0.3, 0.4) is 0 Å². The molecule has 3 N–H and O–H groups in total. The minimum atomic E-state index is 0.0383. The quantitative estimate of drug-likeness (QED) is 0.771. The van der Waals surface area contributed by atoms with E-state index in [2.05, 4.69) is 5.32 Å². The lowest BCUT2D eigenvalue weighted by atomic mass is 10.0. The molecule has 1 aromatic carbocycles. The van der Waals surface area contributed by atoms with Crippen LogP contribution in [0.4, 0.5) is 0 Å². The lowest BCUT2D eigenvalue weighted by Gasteiger charge is -2.18. The van der Waals surface area contributed by atoms with Gasteiger partial charge in [0.25, 0.3) is 0 Å². The third-order valence-electron chi connectivity index (χ3n) is 3.59. The summed E-state index contributed by atoms with van der Waals surface area (Å²) in [4.78, 5) is 12.1. The van der Waals surface area contributed by atoms with Crippen molar-refractivity contribution in [2.45, 2.75) is 58.5 Å². The molecular formula is C17H27ClN2O. The number of hydrogen-bond acceptors (Lipinski definition) is 2. The van der Waals surface area contributed by atoms with E-state index in [1.807, 2.05) is 45.0 Å². The average molecular weight is 311 g/mol. The van der Waals surface area contributed by atoms with Crippen LogP contribution in [0.25, 0.3) is 0 Å². The highest BCUT2D eigenvalue weighted by Crippen LogP contribution is 2.12. The van der Waals surface area contributed by atoms with Gasteiger partial charge in [-0.3, -0.25) is 4.79 Å². The Hall–Kier alpha value is -1.06. The smallest absolute Gasteiger partial charge is 0.223 e. The summed E-state index contributed by atoms with van der Waals surface area (Å²) in [5.74, 6) is 0.164. The number of benzene rings is 1. The van der Waals surface area contributed by atoms with Crippen LogP contribution in [-0.2, 0) is 11.2 Å². The van der Waals surface area contributed by atoms with Crippen LogP contribution in [-0.4, -0.2) is 18.0 Å². The summed E-state index contributed by atoms with van der Waals surface area (Å²) in [7, 11) is 0. The average Bonchev–Trinajstić information content (AvgIpc) is 2.40. The molecule has 118 valence electrons. The fourth-order valence-electron chi connectivity index (χ4n) is 2.29. The van der Waals surface area contributed by atoms with E-state index in [-0.39, 0.29) is 23.9 Å². The summed E-state index contributed by atoms with van der Waals surface area (Å²) in [5, 5.41) is 3.81. The van der Waals surface area contributed by atoms with Crippen molar-refractivity contribution in [2.75, 3.05) is 0 Å². The molecule has 1 rings (SSSR count). The van der Waals surface area contributed by atoms with E-state index in [4.69, 9.17) is 17.3 Å². The number of halogens is 1. The maximum absolute atomic E-state index is 12.1. The van der Waals surface area contributed by atoms with Crippen molar-refractivity contribution < 1.29 is 4.79 Å². The largest absolute Gasteiger partial charge is 0.353 e. The third kappa shape index (κ3) is 7.49. The van der Waals surface area contributed by atoms with Crippen LogP contribution in [0.15, 0.2) is 24.3 Å². The van der Waals surface area contributed by atoms with E-state index in [0.717, 1.165) is 30.7 Å². The van der Waals surface area contributed by atoms with E-state index >= 15 is 0 Å². The highest BCUT2D eigenvalue weighted by Gasteiger charge is 2.15. The van der Waals surface area contributed by atoms with E-state index in [1.165, 1.54) is 5.56 Å². The number of nitrogens with one attached hydrogen (secondary N) is 1. The lowest BCUT2D eigenvalue weighted by Crippen LogP contribution is -2.37. The molecule has 1 aromatic rings. The zero-order valence-corrected chi connectivity index (χ0v) is 14.0. The summed E-state index contributed by atoms with van der Waals surface area (Å²) < 4.78 is 0. The van der Waals surface area contributed by atoms with Crippen molar-refractivity contribution in [1.29, 1.82) is 0 Å². The summed E-state index contributed by atoms with van der Waals surface area (Å²) in [6.45, 7) is 6.01. The summed E-state index contributed by atoms with van der Waals surface area (Å²) in [5.41, 5.74) is 6.90. The van der Waals surface area contributed by atoms with Gasteiger partial charge in [-0.15, -0.1) is 0 Å². The lowest BCUT2D eigenvalue weighted by molar-refractivity contribution is -0.125. The maximum Gasteiger partial charge on any atom is 0.223 e. The molecule has 3 nitrogen and oxygen atoms in total. The first-order valence-electron chi connectivity index (χ1n) is 7.69. The van der Waals surface area contributed by atoms with Gasteiger partial charge >= 0.3 is 0 Å². The molecule has 0 saturated heterocycles. The molecule has 21 heavy (non-hydrogen) atoms. The number of hydrogen-bond donors (Lipinski definition) is 2. The normalized spacial score (nSPS) is 15.3. The Kier molecular flexibility index (Phi) is 7.76. The molecule has 0 spiro atoms. The predicted molar refractivity (Wildman–Crippen MR) is 89.4 cm³/mol. The Morgan fingerprint density at radius 3 is 2.38 bits per heavy atom. The topological polar surface area (TPSA) is 55.1 Å². The Bertz CT molecular complexity index is 431. The molecule has 0 aliphatic rings. The molecule has 0 aromatic heterocycles. The first-order chi connectivity index (χ1) is 9.88. The van der Waals surface area contributed by atoms with Crippen LogP contribution < -0.4 is 11.1 Å². The molecule has 0 bridgehead atoms. The first kappa shape index (κ1) is 18.0. The van der Waals surface area contributed by atoms with E-state index in [1.54, 1.807) is 0 Å². The van der Waals surface area contributed by atoms with Gasteiger partial charge < -0.3 is 11.1 Å². The van der Waals surface area contributed by atoms with Crippen LogP contribution in [0, 0.1) is 5.92 Å². The molecule has 0 aliphatic heterocycles. The zero-order valence-electron chi connectivity index (χ0n) is 13.2. The molecule has 1 amide bonds. The summed E-state index contributed by atoms with van der Waals surface area (Å²) in [6, 6.07) is 8.08. The van der Waals surface area contributed by atoms with E-state index in [9.17, 15) is 4.79 Å². The van der Waals surface area contributed by atoms with Crippen LogP contribution in [0.5, 0.6) is 0 Å². The highest BCUT2D eigenvalue weighted by atomic mass is 35.5. The van der Waals surface area contributed by atoms with E-state index in [0.29, 0.717) is 0 Å². The van der Waals surface area contributed by atoms with Gasteiger partial charge in [0.1, 0.15) is 0 Å². The predicted octanol–water partition coefficient (Wildman–Crippen LogP) is 3.54. The monoisotopic (exact) mass is 310 g/mol. The van der Waals surface area contributed by atoms with Crippen LogP contribution in [0.1, 0.15) is 45.6 Å². The molecule has 0 saturated carbocycles. The molecule has 4 heteroatoms. The number of rotatable bonds is 8. The van der Waals surface area contributed by atoms with Crippen LogP contribution >= 0.6 is 11.6 Å². The number of nitrogens with two attached hydrogens (primary N) is 1. The Balaban J connectivity index is 2.34. The van der Waals surface area contributed by atoms with Gasteiger partial charge in [-0.2, -0.15) is 0 Å². The van der Waals surface area contributed by atoms with Crippen molar-refractivity contribution in [2.24, 2.45) is 11.7 Å². The first-order valence-corrected chi connectivity index (χ1v) is 8.06. The summed E-state index contributed by atoms with van der Waals surface area (Å²) in [6.07, 6.45) is 3.67. The molecule has 0 radical (unpaired) electrons. The molecular weight excluding hydrogens is 284 g/mol. The van der Waals surface area contributed by atoms with Crippen molar-refractivity contribution >= 4 is 17.5 Å². The minimum Gasteiger partial charge on any atom is -0.353 e. The Labute approximate surface area is 133 Å². The van der Waals surface area contributed by atoms with Crippen molar-refractivity contribution in [3.63, 3.8) is 0 Å². The number of amides is 1. The standard InChI is InChI=1S/C17H27ClN2O/c1-12(5-4-6-13(2)19)17(21)20-14(3)11-15-7-9-16(18)10-8-15/h7-10,12-14H,4-6,11,19H2,1-3H3,(H,20,21). The van der Waals surface area contributed by atoms with Gasteiger partial charge in [0.2, 0.25) is 5.91 Å². The fraction of sp³-hybridized carbons (Fsp3) is 0.588. The number of carbonyl (C=O) groups is 1. The SMILES string of the molecule is CC(N)CCCC(C)C(=O)NC(C)Cc1ccc(Cl)cc1. The molecule has 3 atom stereocenters. The Morgan fingerprint density at radius 2 is 1.81 bits per heavy atom. The van der Waals surface area contributed by atoms with Gasteiger partial charge in [-0.25, -0.2) is 0 Å². The van der Waals surface area contributed by atoms with Gasteiger partial charge in [0, 0.05) is 23.0 Å². The number of carbonyl (C=O) groups excluding carboxylic acids is 1. The van der Waals surface area contributed by atoms with Gasteiger partial charge in [0.05, 0.1) is 0 Å². The maximum atomic E-state index is 12.1. The zero-order chi connectivity index (χ0) is 15.8. The Morgan fingerprint density at radius 1 is 1.19 bits per heavy atom. The molecule has 0 aliphatic carbocycles. The van der Waals surface area contributed by atoms with Gasteiger partial charge in [-0.1, -0.05) is 37.1 Å². The molecule has 3 unspecified atom stereocenters. The second-order valence-electron chi connectivity index (χ2n) is 6.05. The minimum absolute atomic E-state index is 0.0383. The second kappa shape index (κ2) is 9.06. The molecule has 0 heterocycles. The van der Waals surface area contributed by atoms with Gasteiger partial charge in [0.15, 0.2) is 0 Å². The van der Waals surface area contributed by atoms with Gasteiger partial charge in [-0.05, 0) is 50.8 Å². The summed E-state index contributed by atoms with van der Waals surface area (Å²) >= 11 is 5.87. The van der Waals surface area contributed by atoms with Crippen LogP contribution in [0.2, 0.25) is 5.02 Å². The molecule has 0 fully saturated rings. The van der Waals surface area contributed by atoms with Crippen molar-refractivity contribution in [3.05, 3.63) is 34.9 Å². The fourth-order valence-corrected chi connectivity index (χ4v) is 2.41.